The molecule has 2 fully saturated rings. The number of amides is 1. The Bertz CT molecular complexity index is 1060. The molecular formula is C25H31F2N3O7. The summed E-state index contributed by atoms with van der Waals surface area (Å²) in [5.74, 6) is -0.732. The second-order valence-corrected chi connectivity index (χ2v) is 10.1. The van der Waals surface area contributed by atoms with Gasteiger partial charge in [-0.2, -0.15) is 0 Å². The fraction of sp³-hybridized carbons (Fsp3) is 0.560. The summed E-state index contributed by atoms with van der Waals surface area (Å²) < 4.78 is 51.8. The molecule has 10 nitrogen and oxygen atoms in total. The number of ketones is 1. The molecule has 0 radical (unpaired) electrons. The van der Waals surface area contributed by atoms with Gasteiger partial charge in [0.15, 0.2) is 11.9 Å². The van der Waals surface area contributed by atoms with E-state index in [2.05, 4.69) is 15.0 Å². The molecular weight excluding hydrogens is 492 g/mol. The predicted octanol–water partition coefficient (Wildman–Crippen LogP) is 2.34. The average molecular weight is 524 g/mol. The van der Waals surface area contributed by atoms with Crippen molar-refractivity contribution in [3.05, 3.63) is 42.2 Å². The number of cyclic esters (lactones) is 1. The fourth-order valence-electron chi connectivity index (χ4n) is 4.54. The van der Waals surface area contributed by atoms with Crippen LogP contribution in [0.25, 0.3) is 0 Å². The first-order valence-electron chi connectivity index (χ1n) is 12.0. The number of aromatic nitrogens is 1. The number of hydrogen-bond donors (Lipinski definition) is 2. The summed E-state index contributed by atoms with van der Waals surface area (Å²) in [5, 5.41) is 16.9. The van der Waals surface area contributed by atoms with Crippen molar-refractivity contribution in [2.24, 2.45) is 0 Å². The topological polar surface area (TPSA) is 123 Å². The van der Waals surface area contributed by atoms with Crippen LogP contribution in [0.3, 0.4) is 0 Å². The summed E-state index contributed by atoms with van der Waals surface area (Å²) >= 11 is 0. The molecule has 2 N–H and O–H groups in total. The average Bonchev–Trinajstić information content (AvgIpc) is 3.50. The maximum absolute atomic E-state index is 15.5. The number of hydrogen-bond acceptors (Lipinski definition) is 9. The van der Waals surface area contributed by atoms with Crippen LogP contribution in [0.2, 0.25) is 0 Å². The first-order valence-corrected chi connectivity index (χ1v) is 12.0. The lowest BCUT2D eigenvalue weighted by atomic mass is 9.66. The molecule has 0 saturated carbocycles. The Labute approximate surface area is 212 Å². The Morgan fingerprint density at radius 1 is 1.24 bits per heavy atom. The molecule has 12 heteroatoms. The highest BCUT2D eigenvalue weighted by Crippen LogP contribution is 2.40. The molecule has 2 aliphatic heterocycles. The van der Waals surface area contributed by atoms with Crippen molar-refractivity contribution in [2.45, 2.75) is 56.3 Å². The molecule has 2 aliphatic rings. The van der Waals surface area contributed by atoms with Gasteiger partial charge in [-0.1, -0.05) is 12.1 Å². The third-order valence-electron chi connectivity index (χ3n) is 6.38. The normalized spacial score (nSPS) is 27.1. The van der Waals surface area contributed by atoms with Gasteiger partial charge >= 0.3 is 6.09 Å². The van der Waals surface area contributed by atoms with E-state index in [1.165, 1.54) is 41.5 Å². The van der Waals surface area contributed by atoms with Gasteiger partial charge in [0.1, 0.15) is 36.7 Å². The fourth-order valence-corrected chi connectivity index (χ4v) is 4.54. The molecule has 0 spiro atoms. The third-order valence-corrected chi connectivity index (χ3v) is 6.38. The van der Waals surface area contributed by atoms with E-state index in [1.54, 1.807) is 20.8 Å². The van der Waals surface area contributed by atoms with Crippen molar-refractivity contribution in [2.75, 3.05) is 37.7 Å². The van der Waals surface area contributed by atoms with Crippen molar-refractivity contribution >= 4 is 17.6 Å². The zero-order valence-corrected chi connectivity index (χ0v) is 20.9. The summed E-state index contributed by atoms with van der Waals surface area (Å²) in [7, 11) is 0. The smallest absolute Gasteiger partial charge is 0.414 e. The second-order valence-electron chi connectivity index (χ2n) is 10.1. The Morgan fingerprint density at radius 2 is 1.92 bits per heavy atom. The number of alkyl halides is 2. The standard InChI is InChI=1S/C25H31F2N3O7/c1-24(2,3)35-14-18(31)22(32)25(19(26)10-28-11-20(25)27)15-4-6-16(7-5-15)30-12-17(37-23(30)33)13-34-21-8-9-36-29-21/h4-9,17-20,28,31H,10-14H2,1-3H3/t17-,18+,19?,20?,25?/m1/s1. The second kappa shape index (κ2) is 10.7. The molecule has 4 rings (SSSR count). The number of piperidine rings is 1. The molecule has 37 heavy (non-hydrogen) atoms. The predicted molar refractivity (Wildman–Crippen MR) is 127 cm³/mol. The third kappa shape index (κ3) is 5.60. The first-order chi connectivity index (χ1) is 17.5. The van der Waals surface area contributed by atoms with E-state index in [0.29, 0.717) is 5.69 Å². The molecule has 2 saturated heterocycles. The van der Waals surface area contributed by atoms with Gasteiger partial charge in [-0.15, -0.1) is 0 Å². The maximum Gasteiger partial charge on any atom is 0.414 e. The Morgan fingerprint density at radius 3 is 2.51 bits per heavy atom. The van der Waals surface area contributed by atoms with Gasteiger partial charge < -0.3 is 29.2 Å². The molecule has 0 bridgehead atoms. The molecule has 1 aromatic carbocycles. The molecule has 4 atom stereocenters. The van der Waals surface area contributed by atoms with E-state index in [0.717, 1.165) is 0 Å². The number of nitrogens with one attached hydrogen (secondary N) is 1. The molecule has 0 aliphatic carbocycles. The van der Waals surface area contributed by atoms with E-state index in [-0.39, 0.29) is 37.7 Å². The number of Topliss-reactive ketones (excluding diaryl/α,β-unsaturated/α-hetero) is 1. The first kappa shape index (κ1) is 27.0. The molecule has 202 valence electrons. The number of aliphatic hydroxyl groups excluding tert-OH is 1. The molecule has 1 amide bonds. The van der Waals surface area contributed by atoms with E-state index < -0.39 is 54.1 Å². The van der Waals surface area contributed by atoms with Crippen molar-refractivity contribution in [1.82, 2.24) is 10.5 Å². The van der Waals surface area contributed by atoms with Crippen molar-refractivity contribution < 1.29 is 42.2 Å². The van der Waals surface area contributed by atoms with Crippen LogP contribution in [0.1, 0.15) is 26.3 Å². The number of carbonyl (C=O) groups excluding carboxylic acids is 2. The number of anilines is 1. The zero-order valence-electron chi connectivity index (χ0n) is 20.9. The van der Waals surface area contributed by atoms with Gasteiger partial charge in [-0.05, 0) is 43.6 Å². The van der Waals surface area contributed by atoms with Crippen LogP contribution in [0.4, 0.5) is 19.3 Å². The largest absolute Gasteiger partial charge is 0.471 e. The van der Waals surface area contributed by atoms with E-state index in [1.807, 2.05) is 0 Å². The number of aliphatic hydroxyl groups is 1. The van der Waals surface area contributed by atoms with Crippen molar-refractivity contribution in [1.29, 1.82) is 0 Å². The Hall–Kier alpha value is -3.09. The number of carbonyl (C=O) groups is 2. The summed E-state index contributed by atoms with van der Waals surface area (Å²) in [6, 6.07) is 7.31. The van der Waals surface area contributed by atoms with Crippen LogP contribution in [0, 0.1) is 0 Å². The van der Waals surface area contributed by atoms with Gasteiger partial charge in [-0.25, -0.2) is 13.6 Å². The minimum absolute atomic E-state index is 0.0546. The Kier molecular flexibility index (Phi) is 7.81. The van der Waals surface area contributed by atoms with Gasteiger partial charge in [0.25, 0.3) is 5.88 Å². The van der Waals surface area contributed by atoms with E-state index in [4.69, 9.17) is 14.2 Å². The number of nitrogens with zero attached hydrogens (tertiary/aromatic N) is 2. The lowest BCUT2D eigenvalue weighted by molar-refractivity contribution is -0.146. The highest BCUT2D eigenvalue weighted by Gasteiger charge is 2.57. The van der Waals surface area contributed by atoms with Gasteiger partial charge in [0, 0.05) is 24.8 Å². The van der Waals surface area contributed by atoms with Crippen LogP contribution >= 0.6 is 0 Å². The summed E-state index contributed by atoms with van der Waals surface area (Å²) in [5.41, 5.74) is -2.41. The molecule has 2 aromatic rings. The lowest BCUT2D eigenvalue weighted by Gasteiger charge is -2.43. The van der Waals surface area contributed by atoms with Crippen LogP contribution in [0.15, 0.2) is 41.1 Å². The number of halogens is 2. The minimum atomic E-state index is -2.23. The zero-order chi connectivity index (χ0) is 26.8. The highest BCUT2D eigenvalue weighted by molar-refractivity contribution is 5.96. The van der Waals surface area contributed by atoms with Crippen LogP contribution < -0.4 is 15.0 Å². The van der Waals surface area contributed by atoms with Crippen LogP contribution in [-0.4, -0.2) is 85.1 Å². The summed E-state index contributed by atoms with van der Waals surface area (Å²) in [4.78, 5) is 27.2. The highest BCUT2D eigenvalue weighted by atomic mass is 19.1. The minimum Gasteiger partial charge on any atom is -0.471 e. The van der Waals surface area contributed by atoms with Gasteiger partial charge in [-0.3, -0.25) is 9.69 Å². The van der Waals surface area contributed by atoms with Crippen LogP contribution in [0.5, 0.6) is 5.88 Å². The molecule has 3 heterocycles. The van der Waals surface area contributed by atoms with Gasteiger partial charge in [0.05, 0.1) is 18.8 Å². The number of ether oxygens (including phenoxy) is 3. The number of benzene rings is 1. The van der Waals surface area contributed by atoms with Crippen LogP contribution in [-0.2, 0) is 19.7 Å². The van der Waals surface area contributed by atoms with Crippen molar-refractivity contribution in [3.8, 4) is 5.88 Å². The molecule has 1 aromatic heterocycles. The van der Waals surface area contributed by atoms with Crippen molar-refractivity contribution in [3.63, 3.8) is 0 Å². The van der Waals surface area contributed by atoms with E-state index in [9.17, 15) is 14.7 Å². The van der Waals surface area contributed by atoms with E-state index >= 15 is 8.78 Å². The monoisotopic (exact) mass is 523 g/mol. The molecule has 2 unspecified atom stereocenters. The van der Waals surface area contributed by atoms with Gasteiger partial charge in [0.2, 0.25) is 0 Å². The SMILES string of the molecule is CC(C)(C)OC[C@H](O)C(=O)C1(c2ccc(N3C[C@H](COc4ccon4)OC3=O)cc2)C(F)CNCC1F. The number of rotatable bonds is 9. The quantitative estimate of drug-likeness (QED) is 0.510. The summed E-state index contributed by atoms with van der Waals surface area (Å²) in [6.07, 6.45) is -5.44. The summed E-state index contributed by atoms with van der Waals surface area (Å²) in [6.45, 7) is 4.54. The Balaban J connectivity index is 1.53. The maximum atomic E-state index is 15.5. The lowest BCUT2D eigenvalue weighted by Crippen LogP contribution is -2.64.